The van der Waals surface area contributed by atoms with E-state index in [1.54, 1.807) is 6.42 Å². The maximum atomic E-state index is 6.60. The van der Waals surface area contributed by atoms with Crippen LogP contribution in [0.15, 0.2) is 0 Å². The van der Waals surface area contributed by atoms with Gasteiger partial charge in [0.15, 0.2) is 0 Å². The molecule has 0 amide bonds. The second-order valence-electron chi connectivity index (χ2n) is 8.26. The maximum Gasteiger partial charge on any atom is 0.0280 e. The van der Waals surface area contributed by atoms with E-state index in [0.29, 0.717) is 0 Å². The van der Waals surface area contributed by atoms with Crippen molar-refractivity contribution in [2.24, 2.45) is 29.4 Å². The Labute approximate surface area is 117 Å². The summed E-state index contributed by atoms with van der Waals surface area (Å²) in [5.41, 5.74) is 6.72. The largest absolute Gasteiger partial charge is 0.324 e. The lowest BCUT2D eigenvalue weighted by Gasteiger charge is -2.55. The highest BCUT2D eigenvalue weighted by atomic mass is 15.0. The van der Waals surface area contributed by atoms with E-state index >= 15 is 0 Å². The van der Waals surface area contributed by atoms with Crippen LogP contribution in [-0.4, -0.2) is 18.1 Å². The minimum absolute atomic E-state index is 0.118. The molecule has 5 fully saturated rings. The summed E-state index contributed by atoms with van der Waals surface area (Å²) >= 11 is 0. The van der Waals surface area contributed by atoms with E-state index in [-0.39, 0.29) is 5.54 Å². The van der Waals surface area contributed by atoms with Gasteiger partial charge in [0.1, 0.15) is 0 Å². The smallest absolute Gasteiger partial charge is 0.0280 e. The SMILES string of the molecule is NC1(CNC2C3CC4CC(C3)CC2C4)CCCCC1. The van der Waals surface area contributed by atoms with Gasteiger partial charge in [-0.15, -0.1) is 0 Å². The molecule has 0 aromatic carbocycles. The molecule has 2 heteroatoms. The zero-order chi connectivity index (χ0) is 12.9. The summed E-state index contributed by atoms with van der Waals surface area (Å²) in [5, 5.41) is 3.95. The third-order valence-corrected chi connectivity index (χ3v) is 6.77. The van der Waals surface area contributed by atoms with Crippen molar-refractivity contribution in [3.8, 4) is 0 Å². The fourth-order valence-electron chi connectivity index (χ4n) is 6.01. The monoisotopic (exact) mass is 262 g/mol. The van der Waals surface area contributed by atoms with Crippen molar-refractivity contribution in [3.05, 3.63) is 0 Å². The highest BCUT2D eigenvalue weighted by Gasteiger charge is 2.48. The fraction of sp³-hybridized carbons (Fsp3) is 1.00. The highest BCUT2D eigenvalue weighted by Crippen LogP contribution is 2.53. The van der Waals surface area contributed by atoms with Crippen molar-refractivity contribution in [3.63, 3.8) is 0 Å². The van der Waals surface area contributed by atoms with Crippen LogP contribution in [0.3, 0.4) is 0 Å². The topological polar surface area (TPSA) is 38.0 Å². The molecule has 2 nitrogen and oxygen atoms in total. The van der Waals surface area contributed by atoms with Gasteiger partial charge in [-0.3, -0.25) is 0 Å². The van der Waals surface area contributed by atoms with E-state index in [1.807, 2.05) is 0 Å². The summed E-state index contributed by atoms with van der Waals surface area (Å²) in [6.45, 7) is 1.08. The van der Waals surface area contributed by atoms with E-state index in [0.717, 1.165) is 36.3 Å². The highest BCUT2D eigenvalue weighted by molar-refractivity contribution is 5.02. The van der Waals surface area contributed by atoms with Crippen molar-refractivity contribution in [1.29, 1.82) is 0 Å². The van der Waals surface area contributed by atoms with Crippen molar-refractivity contribution in [2.45, 2.75) is 75.8 Å². The van der Waals surface area contributed by atoms with Gasteiger partial charge in [0.25, 0.3) is 0 Å². The Morgan fingerprint density at radius 3 is 2.00 bits per heavy atom. The van der Waals surface area contributed by atoms with Crippen LogP contribution in [0.25, 0.3) is 0 Å². The van der Waals surface area contributed by atoms with E-state index < -0.39 is 0 Å². The van der Waals surface area contributed by atoms with Gasteiger partial charge in [-0.1, -0.05) is 19.3 Å². The van der Waals surface area contributed by atoms with E-state index in [2.05, 4.69) is 5.32 Å². The number of nitrogens with two attached hydrogens (primary N) is 1. The summed E-state index contributed by atoms with van der Waals surface area (Å²) in [5.74, 6) is 4.15. The first-order valence-corrected chi connectivity index (χ1v) is 8.74. The molecule has 0 heterocycles. The standard InChI is InChI=1S/C17H30N2/c18-17(4-2-1-3-5-17)11-19-16-14-7-12-6-13(9-14)10-15(16)8-12/h12-16,19H,1-11,18H2. The van der Waals surface area contributed by atoms with Crippen LogP contribution in [0.2, 0.25) is 0 Å². The van der Waals surface area contributed by atoms with Crippen LogP contribution in [0, 0.1) is 23.7 Å². The Morgan fingerprint density at radius 2 is 1.42 bits per heavy atom. The van der Waals surface area contributed by atoms with E-state index in [1.165, 1.54) is 57.8 Å². The van der Waals surface area contributed by atoms with Crippen LogP contribution < -0.4 is 11.1 Å². The molecule has 5 rings (SSSR count). The summed E-state index contributed by atoms with van der Waals surface area (Å²) < 4.78 is 0. The molecule has 0 unspecified atom stereocenters. The number of hydrogen-bond donors (Lipinski definition) is 2. The molecule has 5 aliphatic rings. The molecule has 0 aromatic rings. The van der Waals surface area contributed by atoms with Crippen LogP contribution in [0.5, 0.6) is 0 Å². The van der Waals surface area contributed by atoms with E-state index in [4.69, 9.17) is 5.73 Å². The summed E-state index contributed by atoms with van der Waals surface area (Å²) in [6.07, 6.45) is 14.2. The predicted octanol–water partition coefficient (Wildman–Crippen LogP) is 3.06. The van der Waals surface area contributed by atoms with Gasteiger partial charge in [0.2, 0.25) is 0 Å². The molecule has 0 saturated heterocycles. The Hall–Kier alpha value is -0.0800. The minimum atomic E-state index is 0.118. The number of nitrogens with one attached hydrogen (secondary N) is 1. The molecular formula is C17H30N2. The first kappa shape index (κ1) is 12.6. The molecule has 5 aliphatic carbocycles. The van der Waals surface area contributed by atoms with E-state index in [9.17, 15) is 0 Å². The summed E-state index contributed by atoms with van der Waals surface area (Å²) in [4.78, 5) is 0. The molecule has 3 N–H and O–H groups in total. The average molecular weight is 262 g/mol. The quantitative estimate of drug-likeness (QED) is 0.820. The lowest BCUT2D eigenvalue weighted by molar-refractivity contribution is -0.0159. The van der Waals surface area contributed by atoms with Gasteiger partial charge >= 0.3 is 0 Å². The van der Waals surface area contributed by atoms with Crippen LogP contribution in [-0.2, 0) is 0 Å². The van der Waals surface area contributed by atoms with Gasteiger partial charge in [0, 0.05) is 18.1 Å². The predicted molar refractivity (Wildman–Crippen MR) is 78.8 cm³/mol. The second kappa shape index (κ2) is 4.73. The molecule has 19 heavy (non-hydrogen) atoms. The number of rotatable bonds is 3. The first-order valence-electron chi connectivity index (χ1n) is 8.74. The van der Waals surface area contributed by atoms with Gasteiger partial charge in [0.05, 0.1) is 0 Å². The van der Waals surface area contributed by atoms with Gasteiger partial charge in [-0.25, -0.2) is 0 Å². The van der Waals surface area contributed by atoms with Gasteiger partial charge in [-0.2, -0.15) is 0 Å². The first-order chi connectivity index (χ1) is 9.22. The molecule has 0 aromatic heterocycles. The van der Waals surface area contributed by atoms with Crippen molar-refractivity contribution in [2.75, 3.05) is 6.54 Å². The normalized spacial score (nSPS) is 47.5. The Kier molecular flexibility index (Phi) is 3.15. The van der Waals surface area contributed by atoms with Crippen molar-refractivity contribution < 1.29 is 0 Å². The van der Waals surface area contributed by atoms with Crippen LogP contribution in [0.4, 0.5) is 0 Å². The lowest BCUT2D eigenvalue weighted by Crippen LogP contribution is -2.59. The molecule has 0 atom stereocenters. The van der Waals surface area contributed by atoms with Gasteiger partial charge in [-0.05, 0) is 68.6 Å². The maximum absolute atomic E-state index is 6.60. The molecule has 0 radical (unpaired) electrons. The zero-order valence-electron chi connectivity index (χ0n) is 12.2. The average Bonchev–Trinajstić information content (AvgIpc) is 2.38. The third kappa shape index (κ3) is 2.35. The molecule has 108 valence electrons. The molecule has 0 spiro atoms. The molecule has 0 aliphatic heterocycles. The van der Waals surface area contributed by atoms with Crippen LogP contribution >= 0.6 is 0 Å². The Balaban J connectivity index is 1.38. The molecule has 4 bridgehead atoms. The Morgan fingerprint density at radius 1 is 0.842 bits per heavy atom. The minimum Gasteiger partial charge on any atom is -0.324 e. The van der Waals surface area contributed by atoms with Crippen molar-refractivity contribution in [1.82, 2.24) is 5.32 Å². The summed E-state index contributed by atoms with van der Waals surface area (Å²) in [7, 11) is 0. The zero-order valence-corrected chi connectivity index (χ0v) is 12.2. The van der Waals surface area contributed by atoms with Crippen molar-refractivity contribution >= 4 is 0 Å². The number of hydrogen-bond acceptors (Lipinski definition) is 2. The fourth-order valence-corrected chi connectivity index (χ4v) is 6.01. The summed E-state index contributed by atoms with van der Waals surface area (Å²) in [6, 6.07) is 0.815. The van der Waals surface area contributed by atoms with Crippen LogP contribution in [0.1, 0.15) is 64.2 Å². The lowest BCUT2D eigenvalue weighted by atomic mass is 9.54. The third-order valence-electron chi connectivity index (χ3n) is 6.77. The molecular weight excluding hydrogens is 232 g/mol. The Bertz CT molecular complexity index is 304. The molecule has 5 saturated carbocycles. The van der Waals surface area contributed by atoms with Gasteiger partial charge < -0.3 is 11.1 Å². The second-order valence-corrected chi connectivity index (χ2v) is 8.26.